The number of nitrogens with two attached hydrogens (primary N) is 1. The number of carbonyl (C=O) groups is 2. The molecule has 1 aliphatic heterocycles. The normalized spacial score (nSPS) is 17.2. The van der Waals surface area contributed by atoms with Gasteiger partial charge in [0.05, 0.1) is 0 Å². The molecule has 2 aromatic rings. The number of aliphatic imine (C=N–C) groups is 1. The third-order valence-electron chi connectivity index (χ3n) is 5.25. The highest BCUT2D eigenvalue weighted by atomic mass is 16.2. The minimum atomic E-state index is -0.807. The highest BCUT2D eigenvalue weighted by Crippen LogP contribution is 2.24. The molecule has 0 radical (unpaired) electrons. The second-order valence-corrected chi connectivity index (χ2v) is 8.09. The molecule has 30 heavy (non-hydrogen) atoms. The molecule has 0 saturated carbocycles. The van der Waals surface area contributed by atoms with Gasteiger partial charge in [-0.1, -0.05) is 63.2 Å². The van der Waals surface area contributed by atoms with Crippen molar-refractivity contribution in [3.63, 3.8) is 0 Å². The number of nitrogens with zero attached hydrogens (tertiary/aromatic N) is 2. The predicted octanol–water partition coefficient (Wildman–Crippen LogP) is 3.37. The second kappa shape index (κ2) is 9.57. The topological polar surface area (TPSA) is 87.8 Å². The van der Waals surface area contributed by atoms with Gasteiger partial charge in [-0.05, 0) is 42.0 Å². The molecular formula is C24H30N4O2. The zero-order valence-electron chi connectivity index (χ0n) is 17.8. The van der Waals surface area contributed by atoms with Crippen LogP contribution in [0.3, 0.4) is 0 Å². The summed E-state index contributed by atoms with van der Waals surface area (Å²) in [5.74, 6) is -0.0483. The molecule has 158 valence electrons. The zero-order valence-corrected chi connectivity index (χ0v) is 17.8. The third-order valence-corrected chi connectivity index (χ3v) is 5.25. The summed E-state index contributed by atoms with van der Waals surface area (Å²) in [5, 5.41) is 3.24. The molecule has 2 amide bonds. The first kappa shape index (κ1) is 21.6. The molecule has 2 aromatic carbocycles. The summed E-state index contributed by atoms with van der Waals surface area (Å²) in [6.07, 6.45) is 1.90. The highest BCUT2D eigenvalue weighted by Gasteiger charge is 2.41. The van der Waals surface area contributed by atoms with E-state index < -0.39 is 18.0 Å². The van der Waals surface area contributed by atoms with Gasteiger partial charge in [-0.3, -0.25) is 14.5 Å². The van der Waals surface area contributed by atoms with E-state index in [0.717, 1.165) is 17.7 Å². The third kappa shape index (κ3) is 5.06. The lowest BCUT2D eigenvalue weighted by Gasteiger charge is -2.27. The highest BCUT2D eigenvalue weighted by molar-refractivity contribution is 6.12. The van der Waals surface area contributed by atoms with Crippen molar-refractivity contribution in [3.8, 4) is 0 Å². The largest absolute Gasteiger partial charge is 0.368 e. The van der Waals surface area contributed by atoms with Crippen molar-refractivity contribution < 1.29 is 9.59 Å². The van der Waals surface area contributed by atoms with Gasteiger partial charge in [-0.15, -0.1) is 0 Å². The number of hydrogen-bond donors (Lipinski definition) is 2. The first-order valence-electron chi connectivity index (χ1n) is 10.5. The lowest BCUT2D eigenvalue weighted by Crippen LogP contribution is -2.52. The summed E-state index contributed by atoms with van der Waals surface area (Å²) in [7, 11) is 0. The molecule has 3 N–H and O–H groups in total. The van der Waals surface area contributed by atoms with Gasteiger partial charge < -0.3 is 11.1 Å². The quantitative estimate of drug-likeness (QED) is 0.704. The molecular weight excluding hydrogens is 376 g/mol. The first-order chi connectivity index (χ1) is 14.4. The minimum Gasteiger partial charge on any atom is -0.368 e. The van der Waals surface area contributed by atoms with E-state index in [9.17, 15) is 9.59 Å². The Balaban J connectivity index is 1.91. The van der Waals surface area contributed by atoms with Crippen molar-refractivity contribution in [2.45, 2.75) is 52.1 Å². The zero-order chi connectivity index (χ0) is 21.7. The maximum absolute atomic E-state index is 13.2. The van der Waals surface area contributed by atoms with Crippen molar-refractivity contribution in [2.24, 2.45) is 16.6 Å². The van der Waals surface area contributed by atoms with Crippen LogP contribution < -0.4 is 11.1 Å². The summed E-state index contributed by atoms with van der Waals surface area (Å²) in [4.78, 5) is 31.7. The number of hydrogen-bond acceptors (Lipinski definition) is 4. The first-order valence-corrected chi connectivity index (χ1v) is 10.5. The van der Waals surface area contributed by atoms with Crippen LogP contribution in [0.2, 0.25) is 0 Å². The maximum Gasteiger partial charge on any atom is 0.254 e. The molecule has 0 aliphatic carbocycles. The molecule has 3 rings (SSSR count). The summed E-state index contributed by atoms with van der Waals surface area (Å²) in [6, 6.07) is 16.2. The van der Waals surface area contributed by atoms with E-state index in [-0.39, 0.29) is 5.91 Å². The number of carbonyl (C=O) groups excluding carboxylic acids is 2. The Morgan fingerprint density at radius 1 is 1.10 bits per heavy atom. The molecule has 0 fully saturated rings. The average Bonchev–Trinajstić information content (AvgIpc) is 3.01. The van der Waals surface area contributed by atoms with Crippen LogP contribution >= 0.6 is 0 Å². The SMILES string of the molecule is CCc1ccc(NC2=N[C@H](CC(C)C)C(=O)N2[C@@H](Cc2ccccc2)C(N)=O)cc1. The van der Waals surface area contributed by atoms with Gasteiger partial charge in [-0.2, -0.15) is 0 Å². The number of nitrogens with one attached hydrogen (secondary N) is 1. The number of benzene rings is 2. The fourth-order valence-electron chi connectivity index (χ4n) is 3.63. The molecule has 6 nitrogen and oxygen atoms in total. The molecule has 0 spiro atoms. The molecule has 0 aromatic heterocycles. The van der Waals surface area contributed by atoms with Gasteiger partial charge >= 0.3 is 0 Å². The van der Waals surface area contributed by atoms with Gasteiger partial charge in [0.15, 0.2) is 0 Å². The number of primary amides is 1. The average molecular weight is 407 g/mol. The summed E-state index contributed by atoms with van der Waals surface area (Å²) < 4.78 is 0. The molecule has 0 unspecified atom stereocenters. The van der Waals surface area contributed by atoms with Gasteiger partial charge in [0, 0.05) is 12.1 Å². The number of rotatable bonds is 8. The number of anilines is 1. The van der Waals surface area contributed by atoms with Crippen LogP contribution in [0.1, 0.15) is 38.3 Å². The molecule has 0 bridgehead atoms. The Hall–Kier alpha value is -3.15. The van der Waals surface area contributed by atoms with Crippen LogP contribution in [0.15, 0.2) is 59.6 Å². The Morgan fingerprint density at radius 2 is 1.77 bits per heavy atom. The second-order valence-electron chi connectivity index (χ2n) is 8.09. The monoisotopic (exact) mass is 406 g/mol. The van der Waals surface area contributed by atoms with Crippen LogP contribution in [0, 0.1) is 5.92 Å². The van der Waals surface area contributed by atoms with Crippen molar-refractivity contribution in [2.75, 3.05) is 5.32 Å². The van der Waals surface area contributed by atoms with Gasteiger partial charge in [0.25, 0.3) is 5.91 Å². The summed E-state index contributed by atoms with van der Waals surface area (Å²) >= 11 is 0. The van der Waals surface area contributed by atoms with Crippen LogP contribution in [0.5, 0.6) is 0 Å². The van der Waals surface area contributed by atoms with E-state index in [0.29, 0.717) is 24.7 Å². The van der Waals surface area contributed by atoms with Gasteiger partial charge in [0.1, 0.15) is 12.1 Å². The van der Waals surface area contributed by atoms with Crippen LogP contribution in [0.4, 0.5) is 5.69 Å². The van der Waals surface area contributed by atoms with Gasteiger partial charge in [0.2, 0.25) is 11.9 Å². The Bertz CT molecular complexity index is 907. The lowest BCUT2D eigenvalue weighted by molar-refractivity contribution is -0.134. The van der Waals surface area contributed by atoms with Crippen LogP contribution in [-0.4, -0.2) is 34.8 Å². The van der Waals surface area contributed by atoms with E-state index >= 15 is 0 Å². The number of amides is 2. The molecule has 0 saturated heterocycles. The fourth-order valence-corrected chi connectivity index (χ4v) is 3.63. The Labute approximate surface area is 178 Å². The van der Waals surface area contributed by atoms with E-state index in [1.807, 2.05) is 54.6 Å². The van der Waals surface area contributed by atoms with E-state index in [4.69, 9.17) is 5.73 Å². The molecule has 2 atom stereocenters. The van der Waals surface area contributed by atoms with Crippen LogP contribution in [0.25, 0.3) is 0 Å². The summed E-state index contributed by atoms with van der Waals surface area (Å²) in [6.45, 7) is 6.20. The fraction of sp³-hybridized carbons (Fsp3) is 0.375. The minimum absolute atomic E-state index is 0.184. The van der Waals surface area contributed by atoms with Gasteiger partial charge in [-0.25, -0.2) is 4.99 Å². The summed E-state index contributed by atoms with van der Waals surface area (Å²) in [5.41, 5.74) is 8.73. The smallest absolute Gasteiger partial charge is 0.254 e. The number of aryl methyl sites for hydroxylation is 1. The van der Waals surface area contributed by atoms with E-state index in [2.05, 4.69) is 31.1 Å². The van der Waals surface area contributed by atoms with Crippen LogP contribution in [-0.2, 0) is 22.4 Å². The van der Waals surface area contributed by atoms with Crippen molar-refractivity contribution in [1.29, 1.82) is 0 Å². The Kier molecular flexibility index (Phi) is 6.87. The molecule has 1 aliphatic rings. The van der Waals surface area contributed by atoms with Crippen molar-refractivity contribution in [3.05, 3.63) is 65.7 Å². The van der Waals surface area contributed by atoms with Crippen molar-refractivity contribution >= 4 is 23.5 Å². The Morgan fingerprint density at radius 3 is 2.33 bits per heavy atom. The lowest BCUT2D eigenvalue weighted by atomic mass is 10.0. The standard InChI is InChI=1S/C24H30N4O2/c1-4-17-10-12-19(13-11-17)26-24-27-20(14-16(2)3)23(30)28(24)21(22(25)29)15-18-8-6-5-7-9-18/h5-13,16,20-21H,4,14-15H2,1-3H3,(H2,25,29)(H,26,27)/t20-,21+/m1/s1. The maximum atomic E-state index is 13.2. The van der Waals surface area contributed by atoms with Crippen molar-refractivity contribution in [1.82, 2.24) is 4.90 Å². The van der Waals surface area contributed by atoms with E-state index in [1.165, 1.54) is 10.5 Å². The molecule has 1 heterocycles. The number of guanidine groups is 1. The predicted molar refractivity (Wildman–Crippen MR) is 120 cm³/mol. The van der Waals surface area contributed by atoms with E-state index in [1.54, 1.807) is 0 Å². The molecule has 6 heteroatoms.